The third-order valence-electron chi connectivity index (χ3n) is 3.58. The minimum absolute atomic E-state index is 0.0608. The molecule has 0 unspecified atom stereocenters. The molecule has 2 saturated heterocycles. The van der Waals surface area contributed by atoms with Crippen molar-refractivity contribution in [2.24, 2.45) is 0 Å². The number of nitrogens with zero attached hydrogens (tertiary/aromatic N) is 1. The molecular formula is C13H22N2O4. The van der Waals surface area contributed by atoms with Gasteiger partial charge in [0.1, 0.15) is 6.42 Å². The number of nitrogens with one attached hydrogen (secondary N) is 1. The fourth-order valence-corrected chi connectivity index (χ4v) is 2.46. The lowest BCUT2D eigenvalue weighted by Gasteiger charge is -2.37. The van der Waals surface area contributed by atoms with E-state index >= 15 is 0 Å². The normalized spacial score (nSPS) is 21.6. The van der Waals surface area contributed by atoms with E-state index in [1.807, 2.05) is 6.92 Å². The molecule has 1 spiro atoms. The van der Waals surface area contributed by atoms with Gasteiger partial charge in [-0.25, -0.2) is 0 Å². The van der Waals surface area contributed by atoms with E-state index < -0.39 is 5.79 Å². The number of hydrogen-bond donors (Lipinski definition) is 1. The molecule has 2 rings (SSSR count). The zero-order chi connectivity index (χ0) is 13.7. The molecule has 0 aromatic heterocycles. The van der Waals surface area contributed by atoms with Crippen LogP contribution in [0.15, 0.2) is 0 Å². The van der Waals surface area contributed by atoms with Crippen LogP contribution in [0.2, 0.25) is 0 Å². The first-order chi connectivity index (χ1) is 9.15. The second-order valence-corrected chi connectivity index (χ2v) is 5.02. The quantitative estimate of drug-likeness (QED) is 0.745. The van der Waals surface area contributed by atoms with Crippen molar-refractivity contribution >= 4 is 11.8 Å². The number of hydrogen-bond acceptors (Lipinski definition) is 4. The van der Waals surface area contributed by atoms with Crippen LogP contribution in [0.1, 0.15) is 32.6 Å². The highest BCUT2D eigenvalue weighted by molar-refractivity contribution is 5.96. The van der Waals surface area contributed by atoms with Crippen LogP contribution in [0.5, 0.6) is 0 Å². The number of likely N-dealkylation sites (tertiary alicyclic amines) is 1. The number of carbonyl (C=O) groups excluding carboxylic acids is 2. The third kappa shape index (κ3) is 3.67. The van der Waals surface area contributed by atoms with E-state index in [1.54, 1.807) is 4.90 Å². The molecule has 1 N–H and O–H groups in total. The van der Waals surface area contributed by atoms with Crippen LogP contribution in [-0.4, -0.2) is 55.3 Å². The van der Waals surface area contributed by atoms with Crippen molar-refractivity contribution in [3.8, 4) is 0 Å². The molecule has 0 aromatic rings. The highest BCUT2D eigenvalue weighted by Gasteiger charge is 2.40. The second kappa shape index (κ2) is 6.34. The largest absolute Gasteiger partial charge is 0.356 e. The smallest absolute Gasteiger partial charge is 0.232 e. The average molecular weight is 270 g/mol. The van der Waals surface area contributed by atoms with Crippen molar-refractivity contribution in [1.82, 2.24) is 10.2 Å². The molecule has 0 saturated carbocycles. The van der Waals surface area contributed by atoms with Crippen LogP contribution in [0.4, 0.5) is 0 Å². The Hall–Kier alpha value is -1.14. The highest BCUT2D eigenvalue weighted by atomic mass is 16.7. The van der Waals surface area contributed by atoms with Crippen LogP contribution in [-0.2, 0) is 19.1 Å². The van der Waals surface area contributed by atoms with Gasteiger partial charge >= 0.3 is 0 Å². The van der Waals surface area contributed by atoms with E-state index in [0.29, 0.717) is 45.7 Å². The Bertz CT molecular complexity index is 330. The van der Waals surface area contributed by atoms with Crippen molar-refractivity contribution in [1.29, 1.82) is 0 Å². The average Bonchev–Trinajstić information content (AvgIpc) is 2.85. The summed E-state index contributed by atoms with van der Waals surface area (Å²) >= 11 is 0. The Morgan fingerprint density at radius 2 is 1.84 bits per heavy atom. The molecule has 2 heterocycles. The molecule has 0 aliphatic carbocycles. The first-order valence-corrected chi connectivity index (χ1v) is 6.97. The van der Waals surface area contributed by atoms with Gasteiger partial charge in [0.15, 0.2) is 5.79 Å². The fourth-order valence-electron chi connectivity index (χ4n) is 2.46. The van der Waals surface area contributed by atoms with Gasteiger partial charge in [-0.05, 0) is 6.42 Å². The first kappa shape index (κ1) is 14.3. The van der Waals surface area contributed by atoms with Gasteiger partial charge in [0.2, 0.25) is 11.8 Å². The highest BCUT2D eigenvalue weighted by Crippen LogP contribution is 2.31. The Balaban J connectivity index is 1.74. The molecule has 2 fully saturated rings. The number of piperidine rings is 1. The number of rotatable bonds is 4. The standard InChI is InChI=1S/C13H22N2O4/c1-2-5-14-11(16)10-12(17)15-6-3-13(4-7-15)18-8-9-19-13/h2-10H2,1H3,(H,14,16). The monoisotopic (exact) mass is 270 g/mol. The summed E-state index contributed by atoms with van der Waals surface area (Å²) in [5.74, 6) is -0.775. The van der Waals surface area contributed by atoms with E-state index in [0.717, 1.165) is 6.42 Å². The van der Waals surface area contributed by atoms with Gasteiger partial charge in [0, 0.05) is 32.5 Å². The molecule has 2 amide bonds. The lowest BCUT2D eigenvalue weighted by molar-refractivity contribution is -0.187. The van der Waals surface area contributed by atoms with E-state index in [4.69, 9.17) is 9.47 Å². The first-order valence-electron chi connectivity index (χ1n) is 6.97. The molecule has 6 heteroatoms. The minimum Gasteiger partial charge on any atom is -0.356 e. The maximum absolute atomic E-state index is 12.0. The van der Waals surface area contributed by atoms with Gasteiger partial charge in [0.05, 0.1) is 13.2 Å². The van der Waals surface area contributed by atoms with E-state index in [9.17, 15) is 9.59 Å². The van der Waals surface area contributed by atoms with Crippen molar-refractivity contribution in [3.05, 3.63) is 0 Å². The summed E-state index contributed by atoms with van der Waals surface area (Å²) in [6.07, 6.45) is 2.19. The minimum atomic E-state index is -0.471. The number of amides is 2. The van der Waals surface area contributed by atoms with Crippen molar-refractivity contribution < 1.29 is 19.1 Å². The van der Waals surface area contributed by atoms with Crippen LogP contribution in [0.25, 0.3) is 0 Å². The summed E-state index contributed by atoms with van der Waals surface area (Å²) in [6.45, 7) is 5.06. The van der Waals surface area contributed by atoms with Gasteiger partial charge in [-0.1, -0.05) is 6.92 Å². The van der Waals surface area contributed by atoms with E-state index in [1.165, 1.54) is 0 Å². The summed E-state index contributed by atoms with van der Waals surface area (Å²) in [5, 5.41) is 2.72. The summed E-state index contributed by atoms with van der Waals surface area (Å²) in [4.78, 5) is 25.2. The molecular weight excluding hydrogens is 248 g/mol. The molecule has 2 aliphatic heterocycles. The molecule has 0 radical (unpaired) electrons. The molecule has 0 bridgehead atoms. The van der Waals surface area contributed by atoms with Gasteiger partial charge in [-0.2, -0.15) is 0 Å². The maximum atomic E-state index is 12.0. The molecule has 0 aromatic carbocycles. The third-order valence-corrected chi connectivity index (χ3v) is 3.58. The predicted molar refractivity (Wildman–Crippen MR) is 68.4 cm³/mol. The van der Waals surface area contributed by atoms with Crippen LogP contribution in [0.3, 0.4) is 0 Å². The topological polar surface area (TPSA) is 67.9 Å². The summed E-state index contributed by atoms with van der Waals surface area (Å²) in [5.41, 5.74) is 0. The fraction of sp³-hybridized carbons (Fsp3) is 0.846. The Labute approximate surface area is 113 Å². The molecule has 108 valence electrons. The van der Waals surface area contributed by atoms with Gasteiger partial charge in [0.25, 0.3) is 0 Å². The Morgan fingerprint density at radius 3 is 2.42 bits per heavy atom. The SMILES string of the molecule is CCCNC(=O)CC(=O)N1CCC2(CC1)OCCO2. The summed E-state index contributed by atoms with van der Waals surface area (Å²) in [6, 6.07) is 0. The van der Waals surface area contributed by atoms with Gasteiger partial charge in [-0.15, -0.1) is 0 Å². The van der Waals surface area contributed by atoms with E-state index in [-0.39, 0.29) is 18.2 Å². The van der Waals surface area contributed by atoms with Crippen LogP contribution in [0, 0.1) is 0 Å². The Kier molecular flexibility index (Phi) is 4.76. The van der Waals surface area contributed by atoms with Crippen molar-refractivity contribution in [3.63, 3.8) is 0 Å². The zero-order valence-corrected chi connectivity index (χ0v) is 11.4. The molecule has 2 aliphatic rings. The second-order valence-electron chi connectivity index (χ2n) is 5.02. The zero-order valence-electron chi connectivity index (χ0n) is 11.4. The molecule has 19 heavy (non-hydrogen) atoms. The Morgan fingerprint density at radius 1 is 1.21 bits per heavy atom. The molecule has 6 nitrogen and oxygen atoms in total. The summed E-state index contributed by atoms with van der Waals surface area (Å²) < 4.78 is 11.2. The predicted octanol–water partition coefficient (Wildman–Crippen LogP) is 0.268. The number of ether oxygens (including phenoxy) is 2. The van der Waals surface area contributed by atoms with Crippen LogP contribution < -0.4 is 5.32 Å². The van der Waals surface area contributed by atoms with Crippen LogP contribution >= 0.6 is 0 Å². The van der Waals surface area contributed by atoms with Gasteiger partial charge in [-0.3, -0.25) is 9.59 Å². The summed E-state index contributed by atoms with van der Waals surface area (Å²) in [7, 11) is 0. The lowest BCUT2D eigenvalue weighted by Crippen LogP contribution is -2.48. The van der Waals surface area contributed by atoms with E-state index in [2.05, 4.69) is 5.32 Å². The van der Waals surface area contributed by atoms with Crippen molar-refractivity contribution in [2.45, 2.75) is 38.4 Å². The number of carbonyl (C=O) groups is 2. The van der Waals surface area contributed by atoms with Gasteiger partial charge < -0.3 is 19.7 Å². The lowest BCUT2D eigenvalue weighted by atomic mass is 10.0. The maximum Gasteiger partial charge on any atom is 0.232 e. The molecule has 0 atom stereocenters. The van der Waals surface area contributed by atoms with Crippen molar-refractivity contribution in [2.75, 3.05) is 32.8 Å².